The molecule has 1 fully saturated rings. The molecule has 0 bridgehead atoms. The van der Waals surface area contributed by atoms with Crippen LogP contribution in [0.15, 0.2) is 32.0 Å². The lowest BCUT2D eigenvalue weighted by atomic mass is 10.2. The van der Waals surface area contributed by atoms with Gasteiger partial charge < -0.3 is 5.32 Å². The number of amides is 1. The molecule has 0 aliphatic carbocycles. The summed E-state index contributed by atoms with van der Waals surface area (Å²) in [6.45, 7) is 0.201. The second-order valence-corrected chi connectivity index (χ2v) is 7.74. The van der Waals surface area contributed by atoms with E-state index >= 15 is 0 Å². The highest BCUT2D eigenvalue weighted by atomic mass is 79.9. The van der Waals surface area contributed by atoms with Crippen LogP contribution < -0.4 is 10.0 Å². The predicted molar refractivity (Wildman–Crippen MR) is 78.2 cm³/mol. The van der Waals surface area contributed by atoms with Crippen molar-refractivity contribution in [2.24, 2.45) is 0 Å². The van der Waals surface area contributed by atoms with Crippen molar-refractivity contribution in [1.82, 2.24) is 10.0 Å². The molecule has 0 radical (unpaired) electrons. The SMILES string of the molecule is O=C1CCC(CNS(=O)(=O)c2cc(Br)ccc2Br)N1. The zero-order chi connectivity index (χ0) is 14.0. The molecule has 1 saturated heterocycles. The van der Waals surface area contributed by atoms with Gasteiger partial charge in [0.15, 0.2) is 0 Å². The van der Waals surface area contributed by atoms with Crippen LogP contribution in [0.4, 0.5) is 0 Å². The molecule has 1 aromatic carbocycles. The Bertz CT molecular complexity index is 604. The van der Waals surface area contributed by atoms with Crippen LogP contribution in [-0.4, -0.2) is 26.9 Å². The lowest BCUT2D eigenvalue weighted by molar-refractivity contribution is -0.119. The van der Waals surface area contributed by atoms with E-state index in [0.29, 0.717) is 21.8 Å². The minimum atomic E-state index is -3.60. The van der Waals surface area contributed by atoms with E-state index in [1.165, 1.54) is 6.07 Å². The van der Waals surface area contributed by atoms with E-state index in [1.807, 2.05) is 0 Å². The van der Waals surface area contributed by atoms with Crippen molar-refractivity contribution in [2.75, 3.05) is 6.54 Å². The second kappa shape index (κ2) is 5.90. The Hall–Kier alpha value is -0.440. The van der Waals surface area contributed by atoms with E-state index in [0.717, 1.165) is 0 Å². The van der Waals surface area contributed by atoms with E-state index in [4.69, 9.17) is 0 Å². The molecular weight excluding hydrogens is 400 g/mol. The normalized spacial score (nSPS) is 19.5. The summed E-state index contributed by atoms with van der Waals surface area (Å²) in [4.78, 5) is 11.2. The van der Waals surface area contributed by atoms with Gasteiger partial charge in [-0.3, -0.25) is 4.79 Å². The molecule has 1 aromatic rings. The summed E-state index contributed by atoms with van der Waals surface area (Å²) in [6, 6.07) is 4.81. The van der Waals surface area contributed by atoms with Gasteiger partial charge in [-0.05, 0) is 40.5 Å². The zero-order valence-corrected chi connectivity index (χ0v) is 13.8. The summed E-state index contributed by atoms with van der Waals surface area (Å²) in [5, 5.41) is 2.72. The summed E-state index contributed by atoms with van der Waals surface area (Å²) >= 11 is 6.46. The van der Waals surface area contributed by atoms with Crippen LogP contribution in [0.2, 0.25) is 0 Å². The quantitative estimate of drug-likeness (QED) is 0.792. The number of hydrogen-bond donors (Lipinski definition) is 2. The van der Waals surface area contributed by atoms with E-state index in [2.05, 4.69) is 41.9 Å². The van der Waals surface area contributed by atoms with Gasteiger partial charge in [-0.25, -0.2) is 13.1 Å². The molecule has 1 unspecified atom stereocenters. The highest BCUT2D eigenvalue weighted by Gasteiger charge is 2.24. The smallest absolute Gasteiger partial charge is 0.241 e. The van der Waals surface area contributed by atoms with E-state index in [-0.39, 0.29) is 23.4 Å². The molecule has 104 valence electrons. The van der Waals surface area contributed by atoms with Gasteiger partial charge >= 0.3 is 0 Å². The van der Waals surface area contributed by atoms with Gasteiger partial charge in [-0.1, -0.05) is 15.9 Å². The first-order valence-electron chi connectivity index (χ1n) is 5.62. The van der Waals surface area contributed by atoms with Crippen molar-refractivity contribution in [3.8, 4) is 0 Å². The number of carbonyl (C=O) groups excluding carboxylic acids is 1. The van der Waals surface area contributed by atoms with Crippen LogP contribution in [0, 0.1) is 0 Å². The van der Waals surface area contributed by atoms with Crippen LogP contribution >= 0.6 is 31.9 Å². The molecule has 2 rings (SSSR count). The predicted octanol–water partition coefficient (Wildman–Crippen LogP) is 1.77. The molecule has 0 spiro atoms. The van der Waals surface area contributed by atoms with Gasteiger partial charge in [0.05, 0.1) is 4.90 Å². The molecule has 19 heavy (non-hydrogen) atoms. The van der Waals surface area contributed by atoms with Crippen LogP contribution in [0.25, 0.3) is 0 Å². The molecule has 1 atom stereocenters. The van der Waals surface area contributed by atoms with Gasteiger partial charge in [-0.2, -0.15) is 0 Å². The lowest BCUT2D eigenvalue weighted by Crippen LogP contribution is -2.38. The fraction of sp³-hybridized carbons (Fsp3) is 0.364. The molecule has 8 heteroatoms. The summed E-state index contributed by atoms with van der Waals surface area (Å²) in [7, 11) is -3.60. The van der Waals surface area contributed by atoms with Crippen molar-refractivity contribution >= 4 is 47.8 Å². The molecule has 1 heterocycles. The molecule has 0 aromatic heterocycles. The Morgan fingerprint density at radius 1 is 1.37 bits per heavy atom. The summed E-state index contributed by atoms with van der Waals surface area (Å²) in [5.41, 5.74) is 0. The number of hydrogen-bond acceptors (Lipinski definition) is 3. The van der Waals surface area contributed by atoms with Crippen molar-refractivity contribution in [1.29, 1.82) is 0 Å². The van der Waals surface area contributed by atoms with Gasteiger partial charge in [-0.15, -0.1) is 0 Å². The van der Waals surface area contributed by atoms with Crippen molar-refractivity contribution < 1.29 is 13.2 Å². The topological polar surface area (TPSA) is 75.3 Å². The molecular formula is C11H12Br2N2O3S. The Labute approximate surface area is 128 Å². The lowest BCUT2D eigenvalue weighted by Gasteiger charge is -2.13. The van der Waals surface area contributed by atoms with E-state index < -0.39 is 10.0 Å². The van der Waals surface area contributed by atoms with E-state index in [9.17, 15) is 13.2 Å². The maximum atomic E-state index is 12.2. The molecule has 2 N–H and O–H groups in total. The van der Waals surface area contributed by atoms with Gasteiger partial charge in [0.2, 0.25) is 15.9 Å². The maximum absolute atomic E-state index is 12.2. The van der Waals surface area contributed by atoms with Crippen molar-refractivity contribution in [3.63, 3.8) is 0 Å². The zero-order valence-electron chi connectivity index (χ0n) is 9.82. The highest BCUT2D eigenvalue weighted by molar-refractivity contribution is 9.11. The van der Waals surface area contributed by atoms with Crippen LogP contribution in [0.1, 0.15) is 12.8 Å². The molecule has 1 amide bonds. The minimum absolute atomic E-state index is 0.0344. The van der Waals surface area contributed by atoms with Gasteiger partial charge in [0.25, 0.3) is 0 Å². The molecule has 1 aliphatic rings. The highest BCUT2D eigenvalue weighted by Crippen LogP contribution is 2.25. The van der Waals surface area contributed by atoms with Gasteiger partial charge in [0.1, 0.15) is 0 Å². The third-order valence-electron chi connectivity index (χ3n) is 2.79. The van der Waals surface area contributed by atoms with E-state index in [1.54, 1.807) is 12.1 Å². The largest absolute Gasteiger partial charge is 0.352 e. The third kappa shape index (κ3) is 3.77. The Morgan fingerprint density at radius 2 is 2.11 bits per heavy atom. The fourth-order valence-electron chi connectivity index (χ4n) is 1.80. The first-order chi connectivity index (χ1) is 8.88. The standard InChI is InChI=1S/C11H12Br2N2O3S/c12-7-1-3-9(13)10(5-7)19(17,18)14-6-8-2-4-11(16)15-8/h1,3,5,8,14H,2,4,6H2,(H,15,16). The molecule has 1 aliphatic heterocycles. The van der Waals surface area contributed by atoms with Crippen molar-refractivity contribution in [3.05, 3.63) is 27.1 Å². The van der Waals surface area contributed by atoms with Crippen LogP contribution in [-0.2, 0) is 14.8 Å². The number of benzene rings is 1. The molecule has 5 nitrogen and oxygen atoms in total. The maximum Gasteiger partial charge on any atom is 0.241 e. The number of rotatable bonds is 4. The molecule has 0 saturated carbocycles. The Kier molecular flexibility index (Phi) is 4.65. The van der Waals surface area contributed by atoms with Crippen LogP contribution in [0.5, 0.6) is 0 Å². The third-order valence-corrected chi connectivity index (χ3v) is 5.70. The first kappa shape index (κ1) is 15.0. The second-order valence-electron chi connectivity index (χ2n) is 4.23. The Balaban J connectivity index is 2.10. The van der Waals surface area contributed by atoms with Crippen LogP contribution in [0.3, 0.4) is 0 Å². The summed E-state index contributed by atoms with van der Waals surface area (Å²) in [5.74, 6) is -0.0344. The minimum Gasteiger partial charge on any atom is -0.352 e. The fourth-order valence-corrected chi connectivity index (χ4v) is 4.38. The Morgan fingerprint density at radius 3 is 2.74 bits per heavy atom. The summed E-state index contributed by atoms with van der Waals surface area (Å²) in [6.07, 6.45) is 1.11. The van der Waals surface area contributed by atoms with Gasteiger partial charge in [0, 0.05) is 28.0 Å². The average Bonchev–Trinajstić information content (AvgIpc) is 2.76. The van der Waals surface area contributed by atoms with Crippen molar-refractivity contribution in [2.45, 2.75) is 23.8 Å². The summed E-state index contributed by atoms with van der Waals surface area (Å²) < 4.78 is 28.0. The number of carbonyl (C=O) groups is 1. The number of sulfonamides is 1. The number of halogens is 2. The number of nitrogens with one attached hydrogen (secondary N) is 2. The first-order valence-corrected chi connectivity index (χ1v) is 8.69. The average molecular weight is 412 g/mol. The monoisotopic (exact) mass is 410 g/mol.